The molecule has 1 heterocycles. The Morgan fingerprint density at radius 1 is 1.13 bits per heavy atom. The second-order valence-electron chi connectivity index (χ2n) is 4.79. The Bertz CT molecular complexity index is 722. The Hall–Kier alpha value is -2.06. The molecular formula is C15H16F2N2O3S. The Balaban J connectivity index is 2.09. The molecule has 0 radical (unpaired) electrons. The van der Waals surface area contributed by atoms with E-state index < -0.39 is 23.1 Å². The van der Waals surface area contributed by atoms with E-state index in [-0.39, 0.29) is 17.2 Å². The molecule has 8 heteroatoms. The Morgan fingerprint density at radius 3 is 2.30 bits per heavy atom. The highest BCUT2D eigenvalue weighted by atomic mass is 32.2. The van der Waals surface area contributed by atoms with Crippen LogP contribution in [-0.4, -0.2) is 37.8 Å². The first-order valence-electron chi connectivity index (χ1n) is 6.76. The van der Waals surface area contributed by atoms with Crippen molar-refractivity contribution in [2.75, 3.05) is 13.7 Å². The summed E-state index contributed by atoms with van der Waals surface area (Å²) in [6.07, 6.45) is 0.598. The van der Waals surface area contributed by atoms with Gasteiger partial charge in [-0.2, -0.15) is 4.31 Å². The third-order valence-electron chi connectivity index (χ3n) is 3.06. The molecule has 2 aromatic rings. The van der Waals surface area contributed by atoms with Crippen molar-refractivity contribution in [3.05, 3.63) is 54.4 Å². The Labute approximate surface area is 133 Å². The molecule has 5 nitrogen and oxygen atoms in total. The molecule has 0 saturated heterocycles. The predicted molar refractivity (Wildman–Crippen MR) is 80.8 cm³/mol. The van der Waals surface area contributed by atoms with Crippen LogP contribution < -0.4 is 4.74 Å². The fourth-order valence-electron chi connectivity index (χ4n) is 1.88. The number of ether oxygens (including phenoxy) is 1. The first-order chi connectivity index (χ1) is 10.9. The molecule has 1 aromatic heterocycles. The number of rotatable bonds is 7. The molecule has 0 saturated carbocycles. The molecular weight excluding hydrogens is 326 g/mol. The highest BCUT2D eigenvalue weighted by Crippen LogP contribution is 2.20. The monoisotopic (exact) mass is 342 g/mol. The van der Waals surface area contributed by atoms with Gasteiger partial charge in [-0.25, -0.2) is 17.2 Å². The van der Waals surface area contributed by atoms with Crippen LogP contribution in [0.4, 0.5) is 8.78 Å². The van der Waals surface area contributed by atoms with E-state index in [4.69, 9.17) is 4.74 Å². The van der Waals surface area contributed by atoms with Crippen LogP contribution in [0.2, 0.25) is 0 Å². The summed E-state index contributed by atoms with van der Waals surface area (Å²) in [7, 11) is -2.21. The van der Waals surface area contributed by atoms with Crippen molar-refractivity contribution in [2.45, 2.75) is 17.9 Å². The molecule has 0 N–H and O–H groups in total. The minimum atomic E-state index is -3.68. The van der Waals surface area contributed by atoms with E-state index >= 15 is 0 Å². The third kappa shape index (κ3) is 4.70. The summed E-state index contributed by atoms with van der Waals surface area (Å²) >= 11 is 0. The molecule has 2 rings (SSSR count). The fraction of sp³-hybridized carbons (Fsp3) is 0.267. The van der Waals surface area contributed by atoms with Gasteiger partial charge in [-0.1, -0.05) is 0 Å². The first kappa shape index (κ1) is 17.3. The summed E-state index contributed by atoms with van der Waals surface area (Å²) in [5.74, 6) is 0.195. The summed E-state index contributed by atoms with van der Waals surface area (Å²) in [5, 5.41) is 0. The molecule has 0 aliphatic carbocycles. The summed E-state index contributed by atoms with van der Waals surface area (Å²) < 4.78 is 55.1. The first-order valence-corrected chi connectivity index (χ1v) is 8.20. The van der Waals surface area contributed by atoms with Crippen molar-refractivity contribution in [1.82, 2.24) is 9.29 Å². The number of alkyl halides is 2. The summed E-state index contributed by atoms with van der Waals surface area (Å²) in [5.41, 5.74) is 0.808. The lowest BCUT2D eigenvalue weighted by molar-refractivity contribution is 0.0819. The molecule has 1 aromatic carbocycles. The lowest BCUT2D eigenvalue weighted by Gasteiger charge is -2.17. The Morgan fingerprint density at radius 2 is 1.74 bits per heavy atom. The second-order valence-corrected chi connectivity index (χ2v) is 6.83. The van der Waals surface area contributed by atoms with Gasteiger partial charge in [-0.3, -0.25) is 4.98 Å². The lowest BCUT2D eigenvalue weighted by Crippen LogP contribution is -2.26. The quantitative estimate of drug-likeness (QED) is 0.776. The van der Waals surface area contributed by atoms with Crippen molar-refractivity contribution >= 4 is 10.0 Å². The largest absolute Gasteiger partial charge is 0.488 e. The van der Waals surface area contributed by atoms with Crippen molar-refractivity contribution in [3.8, 4) is 5.75 Å². The molecule has 0 aliphatic heterocycles. The molecule has 0 aliphatic rings. The zero-order chi connectivity index (χ0) is 16.9. The van der Waals surface area contributed by atoms with E-state index in [9.17, 15) is 17.2 Å². The van der Waals surface area contributed by atoms with Gasteiger partial charge in [0.1, 0.15) is 12.4 Å². The van der Waals surface area contributed by atoms with Gasteiger partial charge in [0.05, 0.1) is 4.90 Å². The van der Waals surface area contributed by atoms with Crippen LogP contribution in [0.5, 0.6) is 5.75 Å². The number of sulfonamides is 1. The van der Waals surface area contributed by atoms with E-state index in [2.05, 4.69) is 4.98 Å². The van der Waals surface area contributed by atoms with Crippen LogP contribution >= 0.6 is 0 Å². The Kier molecular flexibility index (Phi) is 5.62. The van der Waals surface area contributed by atoms with Crippen molar-refractivity contribution in [1.29, 1.82) is 0 Å². The molecule has 124 valence electrons. The maximum atomic E-state index is 12.5. The fourth-order valence-corrected chi connectivity index (χ4v) is 3.04. The zero-order valence-electron chi connectivity index (χ0n) is 12.4. The maximum absolute atomic E-state index is 12.5. The predicted octanol–water partition coefficient (Wildman–Crippen LogP) is 2.55. The minimum absolute atomic E-state index is 0.0680. The zero-order valence-corrected chi connectivity index (χ0v) is 13.2. The average Bonchev–Trinajstić information content (AvgIpc) is 2.54. The maximum Gasteiger partial charge on any atom is 0.272 e. The van der Waals surface area contributed by atoms with Crippen molar-refractivity contribution in [3.63, 3.8) is 0 Å². The van der Waals surface area contributed by atoms with E-state index in [0.29, 0.717) is 0 Å². The van der Waals surface area contributed by atoms with Crippen molar-refractivity contribution < 1.29 is 21.9 Å². The number of halogens is 2. The van der Waals surface area contributed by atoms with E-state index in [1.165, 1.54) is 35.6 Å². The molecule has 0 atom stereocenters. The highest BCUT2D eigenvalue weighted by molar-refractivity contribution is 7.89. The van der Waals surface area contributed by atoms with E-state index in [1.54, 1.807) is 24.5 Å². The number of hydrogen-bond donors (Lipinski definition) is 0. The van der Waals surface area contributed by atoms with Crippen LogP contribution in [-0.2, 0) is 16.6 Å². The van der Waals surface area contributed by atoms with Crippen LogP contribution in [0.15, 0.2) is 53.7 Å². The highest BCUT2D eigenvalue weighted by Gasteiger charge is 2.21. The number of aromatic nitrogens is 1. The third-order valence-corrected chi connectivity index (χ3v) is 4.88. The van der Waals surface area contributed by atoms with E-state index in [1.807, 2.05) is 0 Å². The molecule has 0 spiro atoms. The molecule has 0 amide bonds. The lowest BCUT2D eigenvalue weighted by atomic mass is 10.3. The normalized spacial score (nSPS) is 11.9. The van der Waals surface area contributed by atoms with Gasteiger partial charge in [0.2, 0.25) is 10.0 Å². The number of nitrogens with zero attached hydrogens (tertiary/aromatic N) is 2. The SMILES string of the molecule is CN(Cc1ccncc1)S(=O)(=O)c1ccc(OCC(F)F)cc1. The van der Waals surface area contributed by atoms with Gasteiger partial charge < -0.3 is 4.74 Å². The smallest absolute Gasteiger partial charge is 0.272 e. The van der Waals surface area contributed by atoms with Gasteiger partial charge in [0.25, 0.3) is 6.43 Å². The molecule has 0 fully saturated rings. The van der Waals surface area contributed by atoms with Gasteiger partial charge in [0.15, 0.2) is 0 Å². The van der Waals surface area contributed by atoms with Gasteiger partial charge >= 0.3 is 0 Å². The topological polar surface area (TPSA) is 59.5 Å². The number of pyridine rings is 1. The average molecular weight is 342 g/mol. The molecule has 0 unspecified atom stereocenters. The second kappa shape index (κ2) is 7.47. The van der Waals surface area contributed by atoms with Gasteiger partial charge in [-0.15, -0.1) is 0 Å². The van der Waals surface area contributed by atoms with Crippen LogP contribution in [0, 0.1) is 0 Å². The van der Waals surface area contributed by atoms with Crippen LogP contribution in [0.1, 0.15) is 5.56 Å². The van der Waals surface area contributed by atoms with E-state index in [0.717, 1.165) is 5.56 Å². The summed E-state index contributed by atoms with van der Waals surface area (Å²) in [4.78, 5) is 3.95. The number of benzene rings is 1. The van der Waals surface area contributed by atoms with Gasteiger partial charge in [0, 0.05) is 26.0 Å². The summed E-state index contributed by atoms with van der Waals surface area (Å²) in [6, 6.07) is 8.84. The molecule has 23 heavy (non-hydrogen) atoms. The van der Waals surface area contributed by atoms with Crippen LogP contribution in [0.25, 0.3) is 0 Å². The van der Waals surface area contributed by atoms with Crippen LogP contribution in [0.3, 0.4) is 0 Å². The number of hydrogen-bond acceptors (Lipinski definition) is 4. The summed E-state index contributed by atoms with van der Waals surface area (Å²) in [6.45, 7) is -0.525. The minimum Gasteiger partial charge on any atom is -0.488 e. The van der Waals surface area contributed by atoms with Crippen molar-refractivity contribution in [2.24, 2.45) is 0 Å². The van der Waals surface area contributed by atoms with Gasteiger partial charge in [-0.05, 0) is 42.0 Å². The molecule has 0 bridgehead atoms. The standard InChI is InChI=1S/C15H16F2N2O3S/c1-19(10-12-6-8-18-9-7-12)23(20,21)14-4-2-13(3-5-14)22-11-15(16)17/h2-9,15H,10-11H2,1H3.